The number of aryl methyl sites for hydroxylation is 2. The van der Waals surface area contributed by atoms with Gasteiger partial charge in [0.05, 0.1) is 16.2 Å². The van der Waals surface area contributed by atoms with Crippen LogP contribution in [0.5, 0.6) is 0 Å². The van der Waals surface area contributed by atoms with Crippen LogP contribution in [0, 0.1) is 13.8 Å². The second-order valence-electron chi connectivity index (χ2n) is 7.13. The van der Waals surface area contributed by atoms with Gasteiger partial charge < -0.3 is 4.90 Å². The zero-order valence-electron chi connectivity index (χ0n) is 16.7. The molecule has 3 rings (SSSR count). The van der Waals surface area contributed by atoms with Gasteiger partial charge in [0.15, 0.2) is 5.13 Å². The summed E-state index contributed by atoms with van der Waals surface area (Å²) in [6, 6.07) is 4.80. The van der Waals surface area contributed by atoms with E-state index in [1.54, 1.807) is 12.1 Å². The summed E-state index contributed by atoms with van der Waals surface area (Å²) < 4.78 is 26.3. The molecule has 0 atom stereocenters. The van der Waals surface area contributed by atoms with Crippen LogP contribution in [-0.2, 0) is 10.0 Å². The highest BCUT2D eigenvalue weighted by atomic mass is 32.2. The average molecular weight is 423 g/mol. The van der Waals surface area contributed by atoms with Crippen LogP contribution in [0.25, 0.3) is 0 Å². The second-order valence-corrected chi connectivity index (χ2v) is 10.5. The summed E-state index contributed by atoms with van der Waals surface area (Å²) in [5.41, 5.74) is 2.00. The van der Waals surface area contributed by atoms with Gasteiger partial charge in [-0.2, -0.15) is 0 Å². The van der Waals surface area contributed by atoms with E-state index in [-0.39, 0.29) is 10.8 Å². The lowest BCUT2D eigenvalue weighted by Gasteiger charge is -2.30. The molecular formula is C19H26N4O3S2. The number of thiazole rings is 1. The highest BCUT2D eigenvalue weighted by Crippen LogP contribution is 2.29. The number of nitrogens with one attached hydrogen (secondary N) is 1. The zero-order valence-corrected chi connectivity index (χ0v) is 18.3. The Morgan fingerprint density at radius 3 is 2.43 bits per heavy atom. The third-order valence-corrected chi connectivity index (χ3v) is 7.74. The van der Waals surface area contributed by atoms with E-state index in [9.17, 15) is 13.2 Å². The van der Waals surface area contributed by atoms with E-state index in [1.807, 2.05) is 13.8 Å². The van der Waals surface area contributed by atoms with E-state index >= 15 is 0 Å². The van der Waals surface area contributed by atoms with Gasteiger partial charge in [0.1, 0.15) is 0 Å². The molecule has 2 aromatic rings. The molecule has 1 aliphatic rings. The van der Waals surface area contributed by atoms with Crippen molar-refractivity contribution in [3.63, 3.8) is 0 Å². The van der Waals surface area contributed by atoms with Crippen LogP contribution in [0.3, 0.4) is 0 Å². The number of hydrogen-bond donors (Lipinski definition) is 1. The van der Waals surface area contributed by atoms with Crippen LogP contribution in [0.2, 0.25) is 0 Å². The summed E-state index contributed by atoms with van der Waals surface area (Å²) >= 11 is 1.41. The summed E-state index contributed by atoms with van der Waals surface area (Å²) in [5, 5.41) is 3.36. The number of amides is 1. The molecule has 0 saturated carbocycles. The third kappa shape index (κ3) is 4.21. The Kier molecular flexibility index (Phi) is 6.07. The topological polar surface area (TPSA) is 82.6 Å². The molecule has 9 heteroatoms. The van der Waals surface area contributed by atoms with Crippen molar-refractivity contribution in [2.45, 2.75) is 38.0 Å². The first-order chi connectivity index (χ1) is 13.2. The van der Waals surface area contributed by atoms with Gasteiger partial charge in [0.25, 0.3) is 5.91 Å². The van der Waals surface area contributed by atoms with Gasteiger partial charge in [-0.15, -0.1) is 11.3 Å². The van der Waals surface area contributed by atoms with E-state index < -0.39 is 10.0 Å². The minimum absolute atomic E-state index is 0.106. The van der Waals surface area contributed by atoms with E-state index in [4.69, 9.17) is 0 Å². The molecule has 152 valence electrons. The van der Waals surface area contributed by atoms with Crippen molar-refractivity contribution in [3.8, 4) is 0 Å². The summed E-state index contributed by atoms with van der Waals surface area (Å²) in [6.45, 7) is 5.56. The first-order valence-electron chi connectivity index (χ1n) is 9.27. The maximum atomic E-state index is 13.1. The SMILES string of the molecule is Cc1nc(NC(=O)c2cc(S(=O)(=O)N(C)C)ccc2N2CCCCC2)sc1C. The van der Waals surface area contributed by atoms with Crippen molar-refractivity contribution in [3.05, 3.63) is 34.3 Å². The predicted molar refractivity (Wildman–Crippen MR) is 113 cm³/mol. The number of aromatic nitrogens is 1. The molecule has 28 heavy (non-hydrogen) atoms. The smallest absolute Gasteiger partial charge is 0.259 e. The number of carbonyl (C=O) groups is 1. The van der Waals surface area contributed by atoms with Crippen molar-refractivity contribution in [1.29, 1.82) is 0 Å². The third-order valence-electron chi connectivity index (χ3n) is 4.94. The lowest BCUT2D eigenvalue weighted by Crippen LogP contribution is -2.32. The van der Waals surface area contributed by atoms with Crippen molar-refractivity contribution in [1.82, 2.24) is 9.29 Å². The predicted octanol–water partition coefficient (Wildman–Crippen LogP) is 3.25. The summed E-state index contributed by atoms with van der Waals surface area (Å²) in [6.07, 6.45) is 3.29. The average Bonchev–Trinajstić information content (AvgIpc) is 2.98. The summed E-state index contributed by atoms with van der Waals surface area (Å²) in [7, 11) is -0.672. The molecule has 7 nitrogen and oxygen atoms in total. The molecule has 0 aliphatic carbocycles. The Labute approximate surface area is 170 Å². The van der Waals surface area contributed by atoms with Gasteiger partial charge in [-0.05, 0) is 51.3 Å². The van der Waals surface area contributed by atoms with Gasteiger partial charge >= 0.3 is 0 Å². The molecule has 0 bridgehead atoms. The fourth-order valence-electron chi connectivity index (χ4n) is 3.17. The zero-order chi connectivity index (χ0) is 20.5. The number of anilines is 2. The lowest BCUT2D eigenvalue weighted by atomic mass is 10.1. The maximum Gasteiger partial charge on any atom is 0.259 e. The highest BCUT2D eigenvalue weighted by molar-refractivity contribution is 7.89. The van der Waals surface area contributed by atoms with Crippen LogP contribution in [-0.4, -0.2) is 50.8 Å². The van der Waals surface area contributed by atoms with Crippen molar-refractivity contribution < 1.29 is 13.2 Å². The number of rotatable bonds is 5. The van der Waals surface area contributed by atoms with Gasteiger partial charge in [-0.25, -0.2) is 17.7 Å². The Balaban J connectivity index is 2.01. The number of carbonyl (C=O) groups excluding carboxylic acids is 1. The van der Waals surface area contributed by atoms with Crippen LogP contribution < -0.4 is 10.2 Å². The number of piperidine rings is 1. The molecule has 1 N–H and O–H groups in total. The molecule has 2 heterocycles. The van der Waals surface area contributed by atoms with E-state index in [0.29, 0.717) is 10.7 Å². The van der Waals surface area contributed by atoms with E-state index in [1.165, 1.54) is 37.9 Å². The monoisotopic (exact) mass is 422 g/mol. The lowest BCUT2D eigenvalue weighted by molar-refractivity contribution is 0.102. The Morgan fingerprint density at radius 1 is 1.18 bits per heavy atom. The number of hydrogen-bond acceptors (Lipinski definition) is 6. The second kappa shape index (κ2) is 8.18. The number of sulfonamides is 1. The molecule has 1 aliphatic heterocycles. The number of benzene rings is 1. The van der Waals surface area contributed by atoms with Gasteiger partial charge in [0, 0.05) is 37.7 Å². The Morgan fingerprint density at radius 2 is 1.86 bits per heavy atom. The molecule has 0 unspecified atom stereocenters. The summed E-state index contributed by atoms with van der Waals surface area (Å²) in [4.78, 5) is 20.7. The normalized spacial score (nSPS) is 15.1. The van der Waals surface area contributed by atoms with Crippen LogP contribution in [0.15, 0.2) is 23.1 Å². The molecule has 1 amide bonds. The largest absolute Gasteiger partial charge is 0.371 e. The fraction of sp³-hybridized carbons (Fsp3) is 0.474. The van der Waals surface area contributed by atoms with Crippen LogP contribution >= 0.6 is 11.3 Å². The number of nitrogens with zero attached hydrogens (tertiary/aromatic N) is 3. The molecule has 0 spiro atoms. The maximum absolute atomic E-state index is 13.1. The first-order valence-corrected chi connectivity index (χ1v) is 11.5. The van der Waals surface area contributed by atoms with Crippen LogP contribution in [0.4, 0.5) is 10.8 Å². The first kappa shape index (κ1) is 20.8. The molecule has 1 aromatic carbocycles. The van der Waals surface area contributed by atoms with Crippen molar-refractivity contribution >= 4 is 38.1 Å². The van der Waals surface area contributed by atoms with Crippen molar-refractivity contribution in [2.75, 3.05) is 37.4 Å². The van der Waals surface area contributed by atoms with Gasteiger partial charge in [-0.3, -0.25) is 10.1 Å². The van der Waals surface area contributed by atoms with Crippen LogP contribution in [0.1, 0.15) is 40.2 Å². The molecule has 1 fully saturated rings. The van der Waals surface area contributed by atoms with Gasteiger partial charge in [0.2, 0.25) is 10.0 Å². The fourth-order valence-corrected chi connectivity index (χ4v) is 4.91. The summed E-state index contributed by atoms with van der Waals surface area (Å²) in [5.74, 6) is -0.342. The quantitative estimate of drug-likeness (QED) is 0.800. The molecule has 1 saturated heterocycles. The van der Waals surface area contributed by atoms with Crippen molar-refractivity contribution in [2.24, 2.45) is 0 Å². The Bertz CT molecular complexity index is 958. The highest BCUT2D eigenvalue weighted by Gasteiger charge is 2.24. The minimum Gasteiger partial charge on any atom is -0.371 e. The van der Waals surface area contributed by atoms with E-state index in [2.05, 4.69) is 15.2 Å². The van der Waals surface area contributed by atoms with Gasteiger partial charge in [-0.1, -0.05) is 0 Å². The van der Waals surface area contributed by atoms with E-state index in [0.717, 1.165) is 46.5 Å². The molecule has 0 radical (unpaired) electrons. The minimum atomic E-state index is -3.63. The molecular weight excluding hydrogens is 396 g/mol. The standard InChI is InChI=1S/C19H26N4O3S2/c1-13-14(2)27-19(20-13)21-18(24)16-12-15(28(25,26)22(3)4)8-9-17(16)23-10-6-5-7-11-23/h8-9,12H,5-7,10-11H2,1-4H3,(H,20,21,24). The Hall–Kier alpha value is -1.97. The molecule has 1 aromatic heterocycles.